The zero-order valence-corrected chi connectivity index (χ0v) is 13.3. The van der Waals surface area contributed by atoms with Crippen LogP contribution in [0.2, 0.25) is 5.02 Å². The van der Waals surface area contributed by atoms with Crippen molar-refractivity contribution in [2.24, 2.45) is 0 Å². The molecule has 0 bridgehead atoms. The summed E-state index contributed by atoms with van der Waals surface area (Å²) in [5, 5.41) is 9.39. The maximum Gasteiger partial charge on any atom is 0.242 e. The van der Waals surface area contributed by atoms with E-state index in [0.717, 1.165) is 0 Å². The van der Waals surface area contributed by atoms with Crippen LogP contribution in [-0.4, -0.2) is 15.5 Å². The van der Waals surface area contributed by atoms with Gasteiger partial charge in [0.25, 0.3) is 0 Å². The second-order valence-corrected chi connectivity index (χ2v) is 6.53. The van der Waals surface area contributed by atoms with Crippen molar-refractivity contribution < 1.29 is 13.2 Å². The fourth-order valence-electron chi connectivity index (χ4n) is 1.84. The Hall–Kier alpha value is -2.07. The third-order valence-electron chi connectivity index (χ3n) is 3.01. The van der Waals surface area contributed by atoms with Gasteiger partial charge in [-0.25, -0.2) is 13.1 Å². The van der Waals surface area contributed by atoms with Gasteiger partial charge < -0.3 is 4.74 Å². The van der Waals surface area contributed by atoms with Crippen molar-refractivity contribution >= 4 is 21.6 Å². The largest absolute Gasteiger partial charge is 0.497 e. The van der Waals surface area contributed by atoms with Crippen LogP contribution in [0.1, 0.15) is 11.1 Å². The smallest absolute Gasteiger partial charge is 0.242 e. The number of ether oxygens (including phenoxy) is 1. The zero-order valence-electron chi connectivity index (χ0n) is 11.7. The standard InChI is InChI=1S/C15H13ClN2O3S/c1-21-13-7-6-12(14(16)8-13)10-18-22(19,20)15-5-3-2-4-11(15)9-17/h2-8,18H,10H2,1H3. The summed E-state index contributed by atoms with van der Waals surface area (Å²) < 4.78 is 32.1. The lowest BCUT2D eigenvalue weighted by molar-refractivity contribution is 0.414. The second kappa shape index (κ2) is 6.79. The summed E-state index contributed by atoms with van der Waals surface area (Å²) in [4.78, 5) is -0.0536. The summed E-state index contributed by atoms with van der Waals surface area (Å²) in [5.74, 6) is 0.589. The minimum atomic E-state index is -3.80. The van der Waals surface area contributed by atoms with Crippen molar-refractivity contribution in [2.75, 3.05) is 7.11 Å². The van der Waals surface area contributed by atoms with Crippen molar-refractivity contribution in [3.63, 3.8) is 0 Å². The minimum absolute atomic E-state index is 0.0188. The lowest BCUT2D eigenvalue weighted by Crippen LogP contribution is -2.24. The van der Waals surface area contributed by atoms with Gasteiger partial charge in [0.2, 0.25) is 10.0 Å². The zero-order chi connectivity index (χ0) is 16.2. The lowest BCUT2D eigenvalue weighted by atomic mass is 10.2. The van der Waals surface area contributed by atoms with Crippen LogP contribution in [0, 0.1) is 11.3 Å². The van der Waals surface area contributed by atoms with E-state index in [1.54, 1.807) is 30.3 Å². The first kappa shape index (κ1) is 16.3. The van der Waals surface area contributed by atoms with Gasteiger partial charge in [-0.2, -0.15) is 5.26 Å². The number of sulfonamides is 1. The third-order valence-corrected chi connectivity index (χ3v) is 4.82. The fraction of sp³-hybridized carbons (Fsp3) is 0.133. The van der Waals surface area contributed by atoms with E-state index in [9.17, 15) is 8.42 Å². The average Bonchev–Trinajstić information content (AvgIpc) is 2.53. The molecule has 2 aromatic rings. The summed E-state index contributed by atoms with van der Waals surface area (Å²) >= 11 is 6.07. The van der Waals surface area contributed by atoms with Crippen LogP contribution in [0.3, 0.4) is 0 Å². The number of methoxy groups -OCH3 is 1. The highest BCUT2D eigenvalue weighted by atomic mass is 35.5. The number of nitrogens with zero attached hydrogens (tertiary/aromatic N) is 1. The van der Waals surface area contributed by atoms with Crippen LogP contribution in [0.4, 0.5) is 0 Å². The monoisotopic (exact) mass is 336 g/mol. The summed E-state index contributed by atoms with van der Waals surface area (Å²) in [5.41, 5.74) is 0.705. The van der Waals surface area contributed by atoms with Gasteiger partial charge in [0.05, 0.1) is 17.6 Å². The maximum atomic E-state index is 12.3. The molecule has 0 aliphatic carbocycles. The molecule has 2 aromatic carbocycles. The average molecular weight is 337 g/mol. The number of halogens is 1. The molecule has 0 radical (unpaired) electrons. The van der Waals surface area contributed by atoms with Gasteiger partial charge in [-0.1, -0.05) is 29.8 Å². The molecule has 114 valence electrons. The van der Waals surface area contributed by atoms with E-state index in [4.69, 9.17) is 21.6 Å². The van der Waals surface area contributed by atoms with E-state index in [1.165, 1.54) is 19.2 Å². The van der Waals surface area contributed by atoms with Crippen molar-refractivity contribution in [2.45, 2.75) is 11.4 Å². The Balaban J connectivity index is 2.22. The first-order chi connectivity index (χ1) is 10.5. The molecule has 0 atom stereocenters. The number of rotatable bonds is 5. The number of hydrogen-bond acceptors (Lipinski definition) is 4. The third kappa shape index (κ3) is 3.57. The molecular formula is C15H13ClN2O3S. The van der Waals surface area contributed by atoms with Gasteiger partial charge in [0.15, 0.2) is 0 Å². The fourth-order valence-corrected chi connectivity index (χ4v) is 3.24. The van der Waals surface area contributed by atoms with Crippen molar-refractivity contribution in [3.05, 3.63) is 58.6 Å². The molecule has 0 aliphatic rings. The molecule has 7 heteroatoms. The van der Waals surface area contributed by atoms with Gasteiger partial charge in [0, 0.05) is 11.6 Å². The Labute approximate surface area is 134 Å². The van der Waals surface area contributed by atoms with Crippen LogP contribution in [-0.2, 0) is 16.6 Å². The molecule has 0 aromatic heterocycles. The second-order valence-electron chi connectivity index (χ2n) is 4.39. The number of benzene rings is 2. The highest BCUT2D eigenvalue weighted by Crippen LogP contribution is 2.23. The predicted octanol–water partition coefficient (Wildman–Crippen LogP) is 2.70. The molecule has 5 nitrogen and oxygen atoms in total. The minimum Gasteiger partial charge on any atom is -0.497 e. The Kier molecular flexibility index (Phi) is 5.03. The SMILES string of the molecule is COc1ccc(CNS(=O)(=O)c2ccccc2C#N)c(Cl)c1. The molecule has 0 spiro atoms. The topological polar surface area (TPSA) is 79.2 Å². The molecule has 2 rings (SSSR count). The Morgan fingerprint density at radius 3 is 2.64 bits per heavy atom. The molecule has 1 N–H and O–H groups in total. The molecule has 0 aliphatic heterocycles. The van der Waals surface area contributed by atoms with Crippen molar-refractivity contribution in [3.8, 4) is 11.8 Å². The molecule has 0 unspecified atom stereocenters. The van der Waals surface area contributed by atoms with E-state index >= 15 is 0 Å². The number of nitriles is 1. The van der Waals surface area contributed by atoms with Crippen LogP contribution in [0.25, 0.3) is 0 Å². The van der Waals surface area contributed by atoms with E-state index in [2.05, 4.69) is 4.72 Å². The van der Waals surface area contributed by atoms with E-state index in [-0.39, 0.29) is 17.0 Å². The normalized spacial score (nSPS) is 11.0. The van der Waals surface area contributed by atoms with Crippen LogP contribution < -0.4 is 9.46 Å². The molecule has 0 amide bonds. The predicted molar refractivity (Wildman–Crippen MR) is 83.2 cm³/mol. The molecular weight excluding hydrogens is 324 g/mol. The summed E-state index contributed by atoms with van der Waals surface area (Å²) in [6.45, 7) is 0.0188. The first-order valence-electron chi connectivity index (χ1n) is 6.29. The van der Waals surface area contributed by atoms with Crippen LogP contribution in [0.15, 0.2) is 47.4 Å². The van der Waals surface area contributed by atoms with E-state index < -0.39 is 10.0 Å². The van der Waals surface area contributed by atoms with E-state index in [1.807, 2.05) is 6.07 Å². The van der Waals surface area contributed by atoms with Crippen molar-refractivity contribution in [1.82, 2.24) is 4.72 Å². The first-order valence-corrected chi connectivity index (χ1v) is 8.15. The highest BCUT2D eigenvalue weighted by molar-refractivity contribution is 7.89. The summed E-state index contributed by atoms with van der Waals surface area (Å²) in [7, 11) is -2.28. The van der Waals surface area contributed by atoms with Crippen LogP contribution in [0.5, 0.6) is 5.75 Å². The lowest BCUT2D eigenvalue weighted by Gasteiger charge is -2.10. The number of hydrogen-bond donors (Lipinski definition) is 1. The molecule has 0 heterocycles. The van der Waals surface area contributed by atoms with Gasteiger partial charge in [-0.15, -0.1) is 0 Å². The van der Waals surface area contributed by atoms with Gasteiger partial charge in [-0.05, 0) is 29.8 Å². The summed E-state index contributed by atoms with van der Waals surface area (Å²) in [6.07, 6.45) is 0. The van der Waals surface area contributed by atoms with Gasteiger partial charge in [-0.3, -0.25) is 0 Å². The molecule has 0 saturated carbocycles. The van der Waals surface area contributed by atoms with E-state index in [0.29, 0.717) is 16.3 Å². The molecule has 0 fully saturated rings. The Morgan fingerprint density at radius 2 is 2.00 bits per heavy atom. The molecule has 22 heavy (non-hydrogen) atoms. The Bertz CT molecular complexity index is 829. The van der Waals surface area contributed by atoms with Crippen molar-refractivity contribution in [1.29, 1.82) is 5.26 Å². The van der Waals surface area contributed by atoms with Gasteiger partial charge >= 0.3 is 0 Å². The molecule has 0 saturated heterocycles. The Morgan fingerprint density at radius 1 is 1.27 bits per heavy atom. The van der Waals surface area contributed by atoms with Gasteiger partial charge in [0.1, 0.15) is 11.8 Å². The van der Waals surface area contributed by atoms with Crippen LogP contribution >= 0.6 is 11.6 Å². The maximum absolute atomic E-state index is 12.3. The number of nitrogens with one attached hydrogen (secondary N) is 1. The highest BCUT2D eigenvalue weighted by Gasteiger charge is 2.18. The quantitative estimate of drug-likeness (QED) is 0.910. The summed E-state index contributed by atoms with van der Waals surface area (Å²) in [6, 6.07) is 12.9.